The summed E-state index contributed by atoms with van der Waals surface area (Å²) in [5, 5.41) is 16.6. The third kappa shape index (κ3) is 3.22. The smallest absolute Gasteiger partial charge is 0.343 e. The van der Waals surface area contributed by atoms with E-state index in [-0.39, 0.29) is 17.2 Å². The van der Waals surface area contributed by atoms with Crippen molar-refractivity contribution in [3.63, 3.8) is 0 Å². The van der Waals surface area contributed by atoms with Crippen LogP contribution in [0.25, 0.3) is 0 Å². The summed E-state index contributed by atoms with van der Waals surface area (Å²) in [4.78, 5) is 12.4. The molecule has 30 heavy (non-hydrogen) atoms. The molecule has 2 aromatic carbocycles. The lowest BCUT2D eigenvalue weighted by Gasteiger charge is -2.24. The van der Waals surface area contributed by atoms with Gasteiger partial charge in [0, 0.05) is 11.3 Å². The van der Waals surface area contributed by atoms with Crippen LogP contribution in [0.5, 0.6) is 17.4 Å². The maximum atomic E-state index is 12.4. The van der Waals surface area contributed by atoms with Crippen molar-refractivity contribution in [2.24, 2.45) is 5.73 Å². The number of nitrogens with two attached hydrogens (primary N) is 1. The summed E-state index contributed by atoms with van der Waals surface area (Å²) in [7, 11) is 1.48. The second kappa shape index (κ2) is 7.64. The van der Waals surface area contributed by atoms with E-state index in [2.05, 4.69) is 16.3 Å². The number of rotatable bonds is 4. The van der Waals surface area contributed by atoms with Crippen LogP contribution in [0, 0.1) is 18.3 Å². The molecule has 8 heteroatoms. The van der Waals surface area contributed by atoms with Gasteiger partial charge in [0.15, 0.2) is 11.5 Å². The Kier molecular flexibility index (Phi) is 4.86. The summed E-state index contributed by atoms with van der Waals surface area (Å²) in [5.74, 6) is -0.0519. The van der Waals surface area contributed by atoms with Gasteiger partial charge in [-0.1, -0.05) is 24.3 Å². The molecule has 4 rings (SSSR count). The molecule has 1 aliphatic heterocycles. The number of methoxy groups -OCH3 is 1. The van der Waals surface area contributed by atoms with Crippen LogP contribution in [0.3, 0.4) is 0 Å². The number of carbonyl (C=O) groups excluding carboxylic acids is 1. The molecule has 0 saturated heterocycles. The number of nitriles is 1. The molecule has 2 heterocycles. The summed E-state index contributed by atoms with van der Waals surface area (Å²) in [6.07, 6.45) is 0. The monoisotopic (exact) mass is 402 g/mol. The normalized spacial score (nSPS) is 15.0. The fourth-order valence-corrected chi connectivity index (χ4v) is 3.41. The number of aromatic nitrogens is 2. The standard InChI is InChI=1S/C22H18N4O4/c1-12-18-19(15(11-23)20(24)30-21(18)26-25-12)14-8-9-16(17(10-14)28-2)29-22(27)13-6-4-3-5-7-13/h3-10,19H,24H2,1-2H3,(H,25,26)/t19-/m0/s1. The Labute approximate surface area is 172 Å². The number of ether oxygens (including phenoxy) is 3. The van der Waals surface area contributed by atoms with Gasteiger partial charge in [-0.2, -0.15) is 5.26 Å². The number of fused-ring (bicyclic) bond motifs is 1. The van der Waals surface area contributed by atoms with Crippen LogP contribution in [0.4, 0.5) is 0 Å². The molecule has 3 aromatic rings. The minimum absolute atomic E-state index is 0.0000451. The van der Waals surface area contributed by atoms with Gasteiger partial charge in [-0.3, -0.25) is 5.10 Å². The highest BCUT2D eigenvalue weighted by atomic mass is 16.6. The van der Waals surface area contributed by atoms with Crippen molar-refractivity contribution in [1.82, 2.24) is 10.2 Å². The third-order valence-electron chi connectivity index (χ3n) is 4.86. The molecule has 3 N–H and O–H groups in total. The quantitative estimate of drug-likeness (QED) is 0.507. The molecule has 1 aliphatic rings. The van der Waals surface area contributed by atoms with Crippen LogP contribution >= 0.6 is 0 Å². The van der Waals surface area contributed by atoms with E-state index in [1.165, 1.54) is 7.11 Å². The van der Waals surface area contributed by atoms with Gasteiger partial charge in [-0.05, 0) is 36.8 Å². The van der Waals surface area contributed by atoms with Gasteiger partial charge < -0.3 is 19.9 Å². The van der Waals surface area contributed by atoms with Crippen LogP contribution in [0.15, 0.2) is 60.0 Å². The lowest BCUT2D eigenvalue weighted by molar-refractivity contribution is 0.0729. The molecule has 1 aromatic heterocycles. The van der Waals surface area contributed by atoms with Crippen LogP contribution in [0.2, 0.25) is 0 Å². The van der Waals surface area contributed by atoms with Crippen molar-refractivity contribution >= 4 is 5.97 Å². The van der Waals surface area contributed by atoms with Gasteiger partial charge in [0.05, 0.1) is 18.6 Å². The van der Waals surface area contributed by atoms with Crippen molar-refractivity contribution in [3.05, 3.63) is 82.4 Å². The zero-order valence-electron chi connectivity index (χ0n) is 16.3. The summed E-state index contributed by atoms with van der Waals surface area (Å²) >= 11 is 0. The highest BCUT2D eigenvalue weighted by Gasteiger charge is 2.34. The fraction of sp³-hybridized carbons (Fsp3) is 0.136. The van der Waals surface area contributed by atoms with E-state index in [9.17, 15) is 10.1 Å². The van der Waals surface area contributed by atoms with Crippen molar-refractivity contribution < 1.29 is 19.0 Å². The number of aryl methyl sites for hydroxylation is 1. The largest absolute Gasteiger partial charge is 0.493 e. The molecule has 0 bridgehead atoms. The maximum Gasteiger partial charge on any atom is 0.343 e. The highest BCUT2D eigenvalue weighted by Crippen LogP contribution is 2.44. The predicted octanol–water partition coefficient (Wildman–Crippen LogP) is 3.16. The first-order valence-corrected chi connectivity index (χ1v) is 9.11. The van der Waals surface area contributed by atoms with Crippen LogP contribution < -0.4 is 19.9 Å². The first-order valence-electron chi connectivity index (χ1n) is 9.11. The molecular formula is C22H18N4O4. The second-order valence-corrected chi connectivity index (χ2v) is 6.66. The first-order chi connectivity index (χ1) is 14.5. The van der Waals surface area contributed by atoms with Gasteiger partial charge in [0.25, 0.3) is 0 Å². The predicted molar refractivity (Wildman–Crippen MR) is 107 cm³/mol. The first kappa shape index (κ1) is 19.1. The summed E-state index contributed by atoms with van der Waals surface area (Å²) in [5.41, 5.74) is 8.84. The molecule has 0 spiro atoms. The highest BCUT2D eigenvalue weighted by molar-refractivity contribution is 5.91. The molecular weight excluding hydrogens is 384 g/mol. The van der Waals surface area contributed by atoms with Gasteiger partial charge in [0.2, 0.25) is 11.8 Å². The number of nitrogens with one attached hydrogen (secondary N) is 1. The maximum absolute atomic E-state index is 12.4. The molecule has 150 valence electrons. The summed E-state index contributed by atoms with van der Waals surface area (Å²) in [6.45, 7) is 1.84. The van der Waals surface area contributed by atoms with E-state index in [0.717, 1.165) is 16.8 Å². The van der Waals surface area contributed by atoms with E-state index in [0.29, 0.717) is 17.2 Å². The number of benzene rings is 2. The lowest BCUT2D eigenvalue weighted by Crippen LogP contribution is -2.21. The van der Waals surface area contributed by atoms with Crippen molar-refractivity contribution in [3.8, 4) is 23.4 Å². The van der Waals surface area contributed by atoms with E-state index in [1.54, 1.807) is 42.5 Å². The molecule has 1 atom stereocenters. The minimum Gasteiger partial charge on any atom is -0.493 e. The zero-order chi connectivity index (χ0) is 21.3. The molecule has 0 aliphatic carbocycles. The minimum atomic E-state index is -0.498. The van der Waals surface area contributed by atoms with E-state index in [1.807, 2.05) is 13.0 Å². The van der Waals surface area contributed by atoms with Gasteiger partial charge in [-0.15, -0.1) is 5.10 Å². The Hall–Kier alpha value is -4.25. The molecule has 0 fully saturated rings. The molecule has 0 unspecified atom stereocenters. The number of carbonyl (C=O) groups is 1. The number of H-pyrrole nitrogens is 1. The molecule has 8 nitrogen and oxygen atoms in total. The average Bonchev–Trinajstić information content (AvgIpc) is 3.13. The molecule has 0 saturated carbocycles. The fourth-order valence-electron chi connectivity index (χ4n) is 3.41. The Morgan fingerprint density at radius 1 is 1.23 bits per heavy atom. The topological polar surface area (TPSA) is 123 Å². The van der Waals surface area contributed by atoms with Crippen molar-refractivity contribution in [1.29, 1.82) is 5.26 Å². The SMILES string of the molecule is COc1cc([C@H]2C(C#N)=C(N)Oc3n[nH]c(C)c32)ccc1OC(=O)c1ccccc1. The van der Waals surface area contributed by atoms with E-state index < -0.39 is 11.9 Å². The average molecular weight is 402 g/mol. The van der Waals surface area contributed by atoms with E-state index in [4.69, 9.17) is 19.9 Å². The molecule has 0 radical (unpaired) electrons. The van der Waals surface area contributed by atoms with Crippen molar-refractivity contribution in [2.75, 3.05) is 7.11 Å². The van der Waals surface area contributed by atoms with Gasteiger partial charge >= 0.3 is 5.97 Å². The second-order valence-electron chi connectivity index (χ2n) is 6.66. The van der Waals surface area contributed by atoms with Crippen LogP contribution in [-0.4, -0.2) is 23.3 Å². The number of allylic oxidation sites excluding steroid dienone is 1. The van der Waals surface area contributed by atoms with Crippen LogP contribution in [0.1, 0.15) is 33.1 Å². The Morgan fingerprint density at radius 3 is 2.70 bits per heavy atom. The Morgan fingerprint density at radius 2 is 2.00 bits per heavy atom. The van der Waals surface area contributed by atoms with Gasteiger partial charge in [0.1, 0.15) is 11.6 Å². The number of hydrogen-bond donors (Lipinski definition) is 2. The third-order valence-corrected chi connectivity index (χ3v) is 4.86. The lowest BCUT2D eigenvalue weighted by atomic mass is 9.84. The number of aromatic amines is 1. The van der Waals surface area contributed by atoms with Gasteiger partial charge in [-0.25, -0.2) is 4.79 Å². The van der Waals surface area contributed by atoms with Crippen molar-refractivity contribution in [2.45, 2.75) is 12.8 Å². The Bertz CT molecular complexity index is 1190. The Balaban J connectivity index is 1.73. The van der Waals surface area contributed by atoms with E-state index >= 15 is 0 Å². The summed E-state index contributed by atoms with van der Waals surface area (Å²) in [6, 6.07) is 15.9. The van der Waals surface area contributed by atoms with Crippen LogP contribution in [-0.2, 0) is 0 Å². The molecule has 0 amide bonds. The number of hydrogen-bond acceptors (Lipinski definition) is 7. The number of esters is 1. The summed E-state index contributed by atoms with van der Waals surface area (Å²) < 4.78 is 16.4. The number of nitrogens with zero attached hydrogens (tertiary/aromatic N) is 2. The zero-order valence-corrected chi connectivity index (χ0v) is 16.3.